The van der Waals surface area contributed by atoms with Gasteiger partial charge in [-0.3, -0.25) is 4.79 Å². The minimum absolute atomic E-state index is 0.00228. The number of thioether (sulfide) groups is 1. The van der Waals surface area contributed by atoms with Gasteiger partial charge in [0.25, 0.3) is 5.23 Å². The van der Waals surface area contributed by atoms with Crippen LogP contribution in [-0.4, -0.2) is 43.1 Å². The van der Waals surface area contributed by atoms with Crippen LogP contribution in [0.5, 0.6) is 11.5 Å². The highest BCUT2D eigenvalue weighted by Gasteiger charge is 2.48. The van der Waals surface area contributed by atoms with Crippen molar-refractivity contribution in [3.63, 3.8) is 0 Å². The Morgan fingerprint density at radius 1 is 1.29 bits per heavy atom. The van der Waals surface area contributed by atoms with Gasteiger partial charge in [-0.1, -0.05) is 64.3 Å². The Morgan fingerprint density at radius 3 is 2.55 bits per heavy atom. The summed E-state index contributed by atoms with van der Waals surface area (Å²) in [4.78, 5) is 17.2. The maximum Gasteiger partial charge on any atom is 0.253 e. The first-order valence-electron chi connectivity index (χ1n) is 15.6. The van der Waals surface area contributed by atoms with E-state index in [2.05, 4.69) is 83.7 Å². The van der Waals surface area contributed by atoms with E-state index in [0.29, 0.717) is 11.0 Å². The lowest BCUT2D eigenvalue weighted by Gasteiger charge is -2.44. The monoisotopic (exact) mass is 614 g/mol. The predicted molar refractivity (Wildman–Crippen MR) is 180 cm³/mol. The number of aryl methyl sites for hydroxylation is 1. The van der Waals surface area contributed by atoms with Crippen LogP contribution in [0.25, 0.3) is 0 Å². The maximum atomic E-state index is 12.7. The number of unbranched alkanes of at least 4 members (excludes halogenated alkanes) is 2. The SMILES string of the molecule is C=C(C)[C@@H]1CCC(C)=C[C@H]1c1c(O)cc(CCCCC)cc1O/C(=N\C)S[C@H]1NC(=O)[C@@H]1[C@@H](C)O[Si](C)(C)C(C)(C)C. The minimum atomic E-state index is -2.05. The van der Waals surface area contributed by atoms with Crippen LogP contribution in [0.4, 0.5) is 0 Å². The third-order valence-electron chi connectivity index (χ3n) is 9.28. The van der Waals surface area contributed by atoms with Gasteiger partial charge in [-0.05, 0) is 100.0 Å². The van der Waals surface area contributed by atoms with E-state index in [0.717, 1.165) is 55.2 Å². The number of carbonyl (C=O) groups excluding carboxylic acids is 1. The van der Waals surface area contributed by atoms with Crippen LogP contribution in [0.1, 0.15) is 97.6 Å². The summed E-state index contributed by atoms with van der Waals surface area (Å²) in [6, 6.07) is 3.98. The van der Waals surface area contributed by atoms with Gasteiger partial charge < -0.3 is 19.6 Å². The van der Waals surface area contributed by atoms with Gasteiger partial charge in [-0.25, -0.2) is 4.99 Å². The minimum Gasteiger partial charge on any atom is -0.507 e. The van der Waals surface area contributed by atoms with E-state index >= 15 is 0 Å². The molecule has 6 nitrogen and oxygen atoms in total. The van der Waals surface area contributed by atoms with Crippen molar-refractivity contribution in [2.45, 2.75) is 123 Å². The molecule has 1 fully saturated rings. The van der Waals surface area contributed by atoms with Crippen LogP contribution in [0.3, 0.4) is 0 Å². The van der Waals surface area contributed by atoms with Crippen LogP contribution in [0, 0.1) is 11.8 Å². The third kappa shape index (κ3) is 8.11. The lowest BCUT2D eigenvalue weighted by molar-refractivity contribution is -0.136. The topological polar surface area (TPSA) is 80.2 Å². The molecule has 0 saturated carbocycles. The van der Waals surface area contributed by atoms with Crippen molar-refractivity contribution in [3.05, 3.63) is 47.1 Å². The number of aliphatic imine (C=N–C) groups is 1. The molecule has 234 valence electrons. The van der Waals surface area contributed by atoms with Crippen molar-refractivity contribution in [1.29, 1.82) is 0 Å². The molecule has 42 heavy (non-hydrogen) atoms. The maximum absolute atomic E-state index is 12.7. The molecule has 2 N–H and O–H groups in total. The highest BCUT2D eigenvalue weighted by atomic mass is 32.2. The summed E-state index contributed by atoms with van der Waals surface area (Å²) in [6.45, 7) is 23.8. The number of aromatic hydroxyl groups is 1. The number of allylic oxidation sites excluding steroid dienone is 3. The van der Waals surface area contributed by atoms with Gasteiger partial charge >= 0.3 is 0 Å². The summed E-state index contributed by atoms with van der Waals surface area (Å²) in [6.07, 6.45) is 8.25. The Bertz CT molecular complexity index is 1200. The van der Waals surface area contributed by atoms with Gasteiger partial charge in [0, 0.05) is 18.5 Å². The summed E-state index contributed by atoms with van der Waals surface area (Å²) >= 11 is 1.41. The van der Waals surface area contributed by atoms with Crippen LogP contribution in [0.15, 0.2) is 40.9 Å². The molecule has 1 saturated heterocycles. The molecule has 1 aliphatic carbocycles. The number of β-lactam (4-membered cyclic amide) rings is 1. The number of rotatable bonds is 11. The number of phenolic OH excluding ortho intramolecular Hbond substituents is 1. The average molecular weight is 615 g/mol. The molecular formula is C34H54N2O4SSi. The Labute approximate surface area is 260 Å². The number of nitrogens with zero attached hydrogens (tertiary/aromatic N) is 1. The first-order chi connectivity index (χ1) is 19.6. The molecule has 1 aliphatic heterocycles. The fraction of sp³-hybridized carbons (Fsp3) is 0.647. The Hall–Kier alpha value is -2.03. The Kier molecular flexibility index (Phi) is 11.6. The van der Waals surface area contributed by atoms with Crippen LogP contribution in [0.2, 0.25) is 18.1 Å². The zero-order chi connectivity index (χ0) is 31.4. The second-order valence-corrected chi connectivity index (χ2v) is 19.6. The number of phenols is 1. The molecule has 0 unspecified atom stereocenters. The van der Waals surface area contributed by atoms with Crippen LogP contribution >= 0.6 is 11.8 Å². The largest absolute Gasteiger partial charge is 0.507 e. The quantitative estimate of drug-likeness (QED) is 0.0651. The van der Waals surface area contributed by atoms with Gasteiger partial charge in [-0.15, -0.1) is 0 Å². The van der Waals surface area contributed by atoms with Crippen molar-refractivity contribution >= 4 is 31.2 Å². The normalized spacial score (nSPS) is 24.0. The van der Waals surface area contributed by atoms with E-state index in [4.69, 9.17) is 9.16 Å². The molecule has 1 aromatic rings. The second kappa shape index (κ2) is 14.2. The van der Waals surface area contributed by atoms with Crippen molar-refractivity contribution < 1.29 is 19.1 Å². The van der Waals surface area contributed by atoms with E-state index < -0.39 is 8.32 Å². The molecule has 1 amide bonds. The van der Waals surface area contributed by atoms with Gasteiger partial charge in [0.15, 0.2) is 8.32 Å². The smallest absolute Gasteiger partial charge is 0.253 e. The standard InChI is InChI=1S/C34H54N2O4SSi/c1-12-13-14-15-24-19-27(37)30(26-18-22(4)16-17-25(26)21(2)3)28(20-24)39-33(35-9)41-32-29(31(38)36-32)23(5)40-42(10,11)34(6,7)8/h18-20,23,25-26,29,32,37H,2,12-17H2,1,3-11H3,(H,36,38)/b35-33+/t23-,25+,26-,29+,32-/m1/s1. The van der Waals surface area contributed by atoms with E-state index in [1.165, 1.54) is 17.3 Å². The number of ether oxygens (including phenoxy) is 1. The Morgan fingerprint density at radius 2 is 1.98 bits per heavy atom. The summed E-state index contributed by atoms with van der Waals surface area (Å²) in [7, 11) is -0.340. The fourth-order valence-electron chi connectivity index (χ4n) is 5.69. The summed E-state index contributed by atoms with van der Waals surface area (Å²) in [5, 5.41) is 14.8. The molecule has 1 heterocycles. The van der Waals surface area contributed by atoms with E-state index in [-0.39, 0.29) is 45.9 Å². The molecule has 0 bridgehead atoms. The predicted octanol–water partition coefficient (Wildman–Crippen LogP) is 8.72. The zero-order valence-corrected chi connectivity index (χ0v) is 29.4. The van der Waals surface area contributed by atoms with Gasteiger partial charge in [0.1, 0.15) is 11.5 Å². The molecule has 1 aromatic carbocycles. The van der Waals surface area contributed by atoms with Gasteiger partial charge in [0.2, 0.25) is 5.91 Å². The number of hydrogen-bond donors (Lipinski definition) is 2. The molecule has 0 radical (unpaired) electrons. The molecular weight excluding hydrogens is 561 g/mol. The summed E-state index contributed by atoms with van der Waals surface area (Å²) in [5.74, 6) is 0.767. The van der Waals surface area contributed by atoms with E-state index in [1.54, 1.807) is 7.05 Å². The third-order valence-corrected chi connectivity index (χ3v) is 15.0. The van der Waals surface area contributed by atoms with E-state index in [9.17, 15) is 9.90 Å². The molecule has 8 heteroatoms. The molecule has 3 rings (SSSR count). The number of hydrogen-bond acceptors (Lipinski definition) is 6. The molecule has 2 aliphatic rings. The van der Waals surface area contributed by atoms with Crippen molar-refractivity contribution in [3.8, 4) is 11.5 Å². The first-order valence-corrected chi connectivity index (χ1v) is 19.4. The van der Waals surface area contributed by atoms with Crippen molar-refractivity contribution in [2.24, 2.45) is 16.8 Å². The first kappa shape index (κ1) is 34.5. The van der Waals surface area contributed by atoms with Gasteiger partial charge in [-0.2, -0.15) is 0 Å². The van der Waals surface area contributed by atoms with E-state index in [1.807, 2.05) is 13.0 Å². The lowest BCUT2D eigenvalue weighted by atomic mass is 9.73. The molecule has 0 aromatic heterocycles. The summed E-state index contributed by atoms with van der Waals surface area (Å²) in [5.41, 5.74) is 4.25. The van der Waals surface area contributed by atoms with Gasteiger partial charge in [0.05, 0.1) is 17.4 Å². The van der Waals surface area contributed by atoms with Crippen LogP contribution in [-0.2, 0) is 15.6 Å². The lowest BCUT2D eigenvalue weighted by Crippen LogP contribution is -2.62. The number of nitrogens with one attached hydrogen (secondary N) is 1. The molecule has 5 atom stereocenters. The Balaban J connectivity index is 1.91. The van der Waals surface area contributed by atoms with Crippen LogP contribution < -0.4 is 10.1 Å². The zero-order valence-electron chi connectivity index (χ0n) is 27.6. The fourth-order valence-corrected chi connectivity index (χ4v) is 8.24. The number of benzene rings is 1. The number of carbonyl (C=O) groups is 1. The number of amides is 1. The average Bonchev–Trinajstić information content (AvgIpc) is 2.86. The highest BCUT2D eigenvalue weighted by Crippen LogP contribution is 2.48. The van der Waals surface area contributed by atoms with Crippen molar-refractivity contribution in [2.75, 3.05) is 7.05 Å². The highest BCUT2D eigenvalue weighted by molar-refractivity contribution is 8.14. The summed E-state index contributed by atoms with van der Waals surface area (Å²) < 4.78 is 13.2. The molecule has 0 spiro atoms. The van der Waals surface area contributed by atoms with Crippen molar-refractivity contribution in [1.82, 2.24) is 5.32 Å². The second-order valence-electron chi connectivity index (χ2n) is 13.8.